The molecule has 3 fully saturated rings. The Bertz CT molecular complexity index is 636. The molecule has 1 atom stereocenters. The predicted molar refractivity (Wildman–Crippen MR) is 114 cm³/mol. The van der Waals surface area contributed by atoms with E-state index in [1.807, 2.05) is 4.90 Å². The van der Waals surface area contributed by atoms with Crippen LogP contribution in [-0.2, 0) is 0 Å². The molecule has 1 aromatic heterocycles. The number of nitrogens with one attached hydrogen (secondary N) is 1. The SMILES string of the molecule is CC1CCN(C[C@@H]2CCCN(C(=O)Nc3nnc(C4CCCCC4)s3)C2)CC1. The highest BCUT2D eigenvalue weighted by Gasteiger charge is 2.27. The molecule has 0 aromatic carbocycles. The molecule has 7 heteroatoms. The van der Waals surface area contributed by atoms with Gasteiger partial charge in [-0.15, -0.1) is 10.2 Å². The maximum atomic E-state index is 12.8. The van der Waals surface area contributed by atoms with E-state index in [2.05, 4.69) is 27.3 Å². The lowest BCUT2D eigenvalue weighted by atomic mass is 9.90. The second-order valence-electron chi connectivity index (χ2n) is 9.15. The number of nitrogens with zero attached hydrogens (tertiary/aromatic N) is 4. The van der Waals surface area contributed by atoms with Gasteiger partial charge in [-0.3, -0.25) is 5.32 Å². The Kier molecular flexibility index (Phi) is 6.83. The molecule has 3 aliphatic rings. The zero-order chi connectivity index (χ0) is 19.3. The van der Waals surface area contributed by atoms with Crippen molar-refractivity contribution in [1.82, 2.24) is 20.0 Å². The quantitative estimate of drug-likeness (QED) is 0.797. The smallest absolute Gasteiger partial charge is 0.323 e. The molecule has 0 bridgehead atoms. The van der Waals surface area contributed by atoms with Gasteiger partial charge in [-0.1, -0.05) is 37.5 Å². The summed E-state index contributed by atoms with van der Waals surface area (Å²) in [5.41, 5.74) is 0. The standard InChI is InChI=1S/C21H35N5OS/c1-16-9-12-25(13-10-16)14-17-6-5-11-26(15-17)21(27)22-20-24-23-19(28-20)18-7-3-2-4-8-18/h16-18H,2-15H2,1H3,(H,22,24,27)/t17-/m0/s1. The third kappa shape index (κ3) is 5.23. The van der Waals surface area contributed by atoms with Gasteiger partial charge in [0.05, 0.1) is 0 Å². The Balaban J connectivity index is 1.26. The van der Waals surface area contributed by atoms with Crippen molar-refractivity contribution in [3.8, 4) is 0 Å². The first-order valence-electron chi connectivity index (χ1n) is 11.3. The first kappa shape index (κ1) is 20.1. The fourth-order valence-corrected chi connectivity index (χ4v) is 5.88. The topological polar surface area (TPSA) is 61.4 Å². The second-order valence-corrected chi connectivity index (χ2v) is 10.2. The summed E-state index contributed by atoms with van der Waals surface area (Å²) < 4.78 is 0. The van der Waals surface area contributed by atoms with Gasteiger partial charge in [0, 0.05) is 25.6 Å². The largest absolute Gasteiger partial charge is 0.324 e. The molecular weight excluding hydrogens is 370 g/mol. The molecule has 1 aliphatic carbocycles. The van der Waals surface area contributed by atoms with Crippen LogP contribution in [0.15, 0.2) is 0 Å². The minimum Gasteiger partial charge on any atom is -0.324 e. The van der Waals surface area contributed by atoms with Crippen molar-refractivity contribution in [2.24, 2.45) is 11.8 Å². The normalized spacial score (nSPS) is 25.8. The van der Waals surface area contributed by atoms with Crippen LogP contribution in [0.3, 0.4) is 0 Å². The van der Waals surface area contributed by atoms with E-state index in [9.17, 15) is 4.79 Å². The van der Waals surface area contributed by atoms with Crippen LogP contribution in [-0.4, -0.2) is 58.8 Å². The van der Waals surface area contributed by atoms with Crippen molar-refractivity contribution in [2.45, 2.75) is 70.6 Å². The molecule has 2 aliphatic heterocycles. The van der Waals surface area contributed by atoms with E-state index in [4.69, 9.17) is 0 Å². The number of piperidine rings is 2. The lowest BCUT2D eigenvalue weighted by molar-refractivity contribution is 0.124. The van der Waals surface area contributed by atoms with Gasteiger partial charge in [-0.2, -0.15) is 0 Å². The number of anilines is 1. The summed E-state index contributed by atoms with van der Waals surface area (Å²) in [5, 5.41) is 13.4. The van der Waals surface area contributed by atoms with E-state index < -0.39 is 0 Å². The Hall–Kier alpha value is -1.21. The van der Waals surface area contributed by atoms with E-state index in [0.29, 0.717) is 17.0 Å². The molecule has 0 radical (unpaired) electrons. The molecule has 0 unspecified atom stereocenters. The van der Waals surface area contributed by atoms with Gasteiger partial charge in [0.1, 0.15) is 5.01 Å². The predicted octanol–water partition coefficient (Wildman–Crippen LogP) is 4.56. The molecule has 1 N–H and O–H groups in total. The van der Waals surface area contributed by atoms with Gasteiger partial charge in [0.2, 0.25) is 5.13 Å². The van der Waals surface area contributed by atoms with Gasteiger partial charge >= 0.3 is 6.03 Å². The summed E-state index contributed by atoms with van der Waals surface area (Å²) in [6, 6.07) is 0.00307. The molecule has 3 heterocycles. The summed E-state index contributed by atoms with van der Waals surface area (Å²) >= 11 is 1.57. The Morgan fingerprint density at radius 1 is 1.04 bits per heavy atom. The second kappa shape index (κ2) is 9.53. The van der Waals surface area contributed by atoms with Gasteiger partial charge in [0.15, 0.2) is 0 Å². The van der Waals surface area contributed by atoms with Crippen LogP contribution in [0.5, 0.6) is 0 Å². The van der Waals surface area contributed by atoms with Crippen LogP contribution in [0.4, 0.5) is 9.93 Å². The zero-order valence-corrected chi connectivity index (χ0v) is 18.1. The van der Waals surface area contributed by atoms with E-state index in [1.165, 1.54) is 64.5 Å². The number of urea groups is 1. The van der Waals surface area contributed by atoms with Crippen molar-refractivity contribution in [3.63, 3.8) is 0 Å². The summed E-state index contributed by atoms with van der Waals surface area (Å²) in [7, 11) is 0. The van der Waals surface area contributed by atoms with Crippen LogP contribution in [0.1, 0.15) is 75.6 Å². The Labute approximate surface area is 173 Å². The molecule has 1 aromatic rings. The molecule has 6 nitrogen and oxygen atoms in total. The van der Waals surface area contributed by atoms with Crippen molar-refractivity contribution in [2.75, 3.05) is 38.0 Å². The van der Waals surface area contributed by atoms with Crippen LogP contribution < -0.4 is 5.32 Å². The zero-order valence-electron chi connectivity index (χ0n) is 17.2. The Morgan fingerprint density at radius 2 is 1.82 bits per heavy atom. The average molecular weight is 406 g/mol. The van der Waals surface area contributed by atoms with Crippen LogP contribution >= 0.6 is 11.3 Å². The van der Waals surface area contributed by atoms with Gasteiger partial charge < -0.3 is 9.80 Å². The molecule has 2 amide bonds. The number of hydrogen-bond donors (Lipinski definition) is 1. The summed E-state index contributed by atoms with van der Waals surface area (Å²) in [6.07, 6.45) is 11.3. The number of rotatable bonds is 4. The molecule has 156 valence electrons. The van der Waals surface area contributed by atoms with Crippen molar-refractivity contribution < 1.29 is 4.79 Å². The van der Waals surface area contributed by atoms with Gasteiger partial charge in [0.25, 0.3) is 0 Å². The number of carbonyl (C=O) groups is 1. The number of amides is 2. The summed E-state index contributed by atoms with van der Waals surface area (Å²) in [4.78, 5) is 17.4. The monoisotopic (exact) mass is 405 g/mol. The van der Waals surface area contributed by atoms with Crippen molar-refractivity contribution in [1.29, 1.82) is 0 Å². The summed E-state index contributed by atoms with van der Waals surface area (Å²) in [6.45, 7) is 7.66. The number of aromatic nitrogens is 2. The number of likely N-dealkylation sites (tertiary alicyclic amines) is 2. The highest BCUT2D eigenvalue weighted by molar-refractivity contribution is 7.15. The first-order valence-corrected chi connectivity index (χ1v) is 12.1. The molecule has 28 heavy (non-hydrogen) atoms. The van der Waals surface area contributed by atoms with Crippen LogP contribution in [0.25, 0.3) is 0 Å². The molecule has 4 rings (SSSR count). The highest BCUT2D eigenvalue weighted by Crippen LogP contribution is 2.35. The third-order valence-electron chi connectivity index (χ3n) is 6.81. The van der Waals surface area contributed by atoms with Crippen molar-refractivity contribution >= 4 is 22.5 Å². The maximum Gasteiger partial charge on any atom is 0.323 e. The lowest BCUT2D eigenvalue weighted by Gasteiger charge is -2.37. The van der Waals surface area contributed by atoms with E-state index in [0.717, 1.165) is 37.0 Å². The van der Waals surface area contributed by atoms with Gasteiger partial charge in [-0.25, -0.2) is 4.79 Å². The lowest BCUT2D eigenvalue weighted by Crippen LogP contribution is -2.46. The van der Waals surface area contributed by atoms with E-state index in [-0.39, 0.29) is 6.03 Å². The fraction of sp³-hybridized carbons (Fsp3) is 0.857. The maximum absolute atomic E-state index is 12.8. The number of carbonyl (C=O) groups excluding carboxylic acids is 1. The third-order valence-corrected chi connectivity index (χ3v) is 7.81. The molecule has 0 spiro atoms. The highest BCUT2D eigenvalue weighted by atomic mass is 32.1. The molecule has 1 saturated carbocycles. The van der Waals surface area contributed by atoms with E-state index in [1.54, 1.807) is 11.3 Å². The minimum absolute atomic E-state index is 0.00307. The van der Waals surface area contributed by atoms with Crippen LogP contribution in [0.2, 0.25) is 0 Å². The molecular formula is C21H35N5OS. The average Bonchev–Trinajstić information content (AvgIpc) is 3.19. The van der Waals surface area contributed by atoms with Crippen molar-refractivity contribution in [3.05, 3.63) is 5.01 Å². The fourth-order valence-electron chi connectivity index (χ4n) is 4.98. The number of hydrogen-bond acceptors (Lipinski definition) is 5. The first-order chi connectivity index (χ1) is 13.7. The minimum atomic E-state index is 0.00307. The Morgan fingerprint density at radius 3 is 2.61 bits per heavy atom. The van der Waals surface area contributed by atoms with Gasteiger partial charge in [-0.05, 0) is 63.5 Å². The van der Waals surface area contributed by atoms with Crippen LogP contribution in [0, 0.1) is 11.8 Å². The van der Waals surface area contributed by atoms with E-state index >= 15 is 0 Å². The molecule has 2 saturated heterocycles. The summed E-state index contributed by atoms with van der Waals surface area (Å²) in [5.74, 6) is 2.01.